The molecule has 0 bridgehead atoms. The standard InChI is InChI=1S/C17H15N3O2/c1-2-18-13-5-3-4-11(8-13)16-10-19-15-9-12(17(21)22)6-7-14(15)20-16/h3-10,18H,2H2,1H3,(H,21,22). The maximum Gasteiger partial charge on any atom is 0.335 e. The van der Waals surface area contributed by atoms with Gasteiger partial charge in [-0.1, -0.05) is 12.1 Å². The number of benzene rings is 2. The van der Waals surface area contributed by atoms with Gasteiger partial charge in [0.05, 0.1) is 28.5 Å². The molecule has 0 aliphatic heterocycles. The van der Waals surface area contributed by atoms with Crippen LogP contribution in [-0.4, -0.2) is 27.6 Å². The molecule has 22 heavy (non-hydrogen) atoms. The predicted molar refractivity (Wildman–Crippen MR) is 86.1 cm³/mol. The van der Waals surface area contributed by atoms with E-state index in [9.17, 15) is 4.79 Å². The first-order valence-electron chi connectivity index (χ1n) is 7.02. The van der Waals surface area contributed by atoms with Crippen LogP contribution in [-0.2, 0) is 0 Å². The lowest BCUT2D eigenvalue weighted by molar-refractivity contribution is 0.0697. The van der Waals surface area contributed by atoms with Crippen molar-refractivity contribution in [1.29, 1.82) is 0 Å². The van der Waals surface area contributed by atoms with E-state index in [0.29, 0.717) is 11.0 Å². The van der Waals surface area contributed by atoms with Gasteiger partial charge in [0.1, 0.15) is 0 Å². The number of aromatic nitrogens is 2. The van der Waals surface area contributed by atoms with E-state index in [1.165, 1.54) is 12.1 Å². The van der Waals surface area contributed by atoms with Gasteiger partial charge >= 0.3 is 5.97 Å². The Labute approximate surface area is 127 Å². The summed E-state index contributed by atoms with van der Waals surface area (Å²) in [6.07, 6.45) is 1.67. The van der Waals surface area contributed by atoms with Crippen molar-refractivity contribution in [2.75, 3.05) is 11.9 Å². The summed E-state index contributed by atoms with van der Waals surface area (Å²) in [6.45, 7) is 2.90. The van der Waals surface area contributed by atoms with E-state index >= 15 is 0 Å². The highest BCUT2D eigenvalue weighted by molar-refractivity contribution is 5.92. The smallest absolute Gasteiger partial charge is 0.335 e. The molecule has 3 aromatic rings. The Morgan fingerprint density at radius 3 is 2.82 bits per heavy atom. The van der Waals surface area contributed by atoms with Gasteiger partial charge < -0.3 is 10.4 Å². The number of hydrogen-bond acceptors (Lipinski definition) is 4. The van der Waals surface area contributed by atoms with Crippen molar-refractivity contribution >= 4 is 22.7 Å². The zero-order chi connectivity index (χ0) is 15.5. The number of carboxylic acids is 1. The minimum absolute atomic E-state index is 0.212. The Morgan fingerprint density at radius 2 is 2.05 bits per heavy atom. The van der Waals surface area contributed by atoms with E-state index in [4.69, 9.17) is 5.11 Å². The summed E-state index contributed by atoms with van der Waals surface area (Å²) in [6, 6.07) is 12.7. The highest BCUT2D eigenvalue weighted by Crippen LogP contribution is 2.22. The van der Waals surface area contributed by atoms with Gasteiger partial charge in [-0.25, -0.2) is 9.78 Å². The molecule has 0 aliphatic carbocycles. The minimum Gasteiger partial charge on any atom is -0.478 e. The Hall–Kier alpha value is -2.95. The summed E-state index contributed by atoms with van der Waals surface area (Å²) in [7, 11) is 0. The monoisotopic (exact) mass is 293 g/mol. The fourth-order valence-electron chi connectivity index (χ4n) is 2.28. The quantitative estimate of drug-likeness (QED) is 0.771. The molecule has 0 saturated carbocycles. The first-order valence-corrected chi connectivity index (χ1v) is 7.02. The van der Waals surface area contributed by atoms with Gasteiger partial charge in [0.25, 0.3) is 0 Å². The van der Waals surface area contributed by atoms with E-state index < -0.39 is 5.97 Å². The molecule has 1 aromatic heterocycles. The maximum absolute atomic E-state index is 11.0. The van der Waals surface area contributed by atoms with Crippen molar-refractivity contribution in [2.45, 2.75) is 6.92 Å². The minimum atomic E-state index is -0.967. The molecule has 3 rings (SSSR count). The van der Waals surface area contributed by atoms with Gasteiger partial charge in [0.15, 0.2) is 0 Å². The largest absolute Gasteiger partial charge is 0.478 e. The predicted octanol–water partition coefficient (Wildman–Crippen LogP) is 3.43. The van der Waals surface area contributed by atoms with Crippen LogP contribution in [0.4, 0.5) is 5.69 Å². The molecule has 2 aromatic carbocycles. The maximum atomic E-state index is 11.0. The molecule has 0 atom stereocenters. The van der Waals surface area contributed by atoms with Crippen molar-refractivity contribution in [3.8, 4) is 11.3 Å². The summed E-state index contributed by atoms with van der Waals surface area (Å²) in [5.74, 6) is -0.967. The molecule has 0 amide bonds. The Bertz CT molecular complexity index is 846. The van der Waals surface area contributed by atoms with E-state index in [-0.39, 0.29) is 5.56 Å². The SMILES string of the molecule is CCNc1cccc(-c2cnc3cc(C(=O)O)ccc3n2)c1. The Balaban J connectivity index is 2.03. The van der Waals surface area contributed by atoms with Gasteiger partial charge in [0, 0.05) is 17.8 Å². The zero-order valence-corrected chi connectivity index (χ0v) is 12.1. The van der Waals surface area contributed by atoms with Crippen LogP contribution in [0.5, 0.6) is 0 Å². The number of carbonyl (C=O) groups is 1. The summed E-state index contributed by atoms with van der Waals surface area (Å²) >= 11 is 0. The first-order chi connectivity index (χ1) is 10.7. The number of hydrogen-bond donors (Lipinski definition) is 2. The van der Waals surface area contributed by atoms with Crippen LogP contribution < -0.4 is 5.32 Å². The van der Waals surface area contributed by atoms with Crippen LogP contribution in [0.3, 0.4) is 0 Å². The molecule has 2 N–H and O–H groups in total. The van der Waals surface area contributed by atoms with E-state index in [0.717, 1.165) is 23.5 Å². The third kappa shape index (κ3) is 2.74. The van der Waals surface area contributed by atoms with Gasteiger partial charge in [-0.15, -0.1) is 0 Å². The first kappa shape index (κ1) is 14.0. The highest BCUT2D eigenvalue weighted by atomic mass is 16.4. The molecule has 0 unspecified atom stereocenters. The van der Waals surface area contributed by atoms with Gasteiger partial charge in [-0.05, 0) is 37.3 Å². The molecular weight excluding hydrogens is 278 g/mol. The highest BCUT2D eigenvalue weighted by Gasteiger charge is 2.07. The summed E-state index contributed by atoms with van der Waals surface area (Å²) in [5, 5.41) is 12.3. The van der Waals surface area contributed by atoms with E-state index in [2.05, 4.69) is 15.3 Å². The number of rotatable bonds is 4. The molecular formula is C17H15N3O2. The number of fused-ring (bicyclic) bond motifs is 1. The molecule has 5 heteroatoms. The van der Waals surface area contributed by atoms with Gasteiger partial charge in [-0.2, -0.15) is 0 Å². The van der Waals surface area contributed by atoms with Gasteiger partial charge in [-0.3, -0.25) is 4.98 Å². The third-order valence-electron chi connectivity index (χ3n) is 3.33. The zero-order valence-electron chi connectivity index (χ0n) is 12.1. The van der Waals surface area contributed by atoms with Crippen LogP contribution in [0.2, 0.25) is 0 Å². The fourth-order valence-corrected chi connectivity index (χ4v) is 2.28. The second-order valence-corrected chi connectivity index (χ2v) is 4.88. The lowest BCUT2D eigenvalue weighted by atomic mass is 10.1. The van der Waals surface area contributed by atoms with Crippen molar-refractivity contribution in [1.82, 2.24) is 9.97 Å². The number of aromatic carboxylic acids is 1. The molecule has 0 aliphatic rings. The van der Waals surface area contributed by atoms with Crippen molar-refractivity contribution < 1.29 is 9.90 Å². The van der Waals surface area contributed by atoms with Crippen molar-refractivity contribution in [2.24, 2.45) is 0 Å². The lowest BCUT2D eigenvalue weighted by Crippen LogP contribution is -1.98. The number of carboxylic acid groups (broad SMARTS) is 1. The molecule has 110 valence electrons. The number of nitrogens with zero attached hydrogens (tertiary/aromatic N) is 2. The molecule has 5 nitrogen and oxygen atoms in total. The lowest BCUT2D eigenvalue weighted by Gasteiger charge is -2.07. The second-order valence-electron chi connectivity index (χ2n) is 4.88. The molecule has 0 spiro atoms. The summed E-state index contributed by atoms with van der Waals surface area (Å²) in [5.41, 5.74) is 4.22. The van der Waals surface area contributed by atoms with Gasteiger partial charge in [0.2, 0.25) is 0 Å². The number of nitrogens with one attached hydrogen (secondary N) is 1. The Kier molecular flexibility index (Phi) is 3.70. The topological polar surface area (TPSA) is 75.1 Å². The fraction of sp³-hybridized carbons (Fsp3) is 0.118. The van der Waals surface area contributed by atoms with Crippen molar-refractivity contribution in [3.05, 3.63) is 54.2 Å². The van der Waals surface area contributed by atoms with Crippen LogP contribution >= 0.6 is 0 Å². The second kappa shape index (κ2) is 5.81. The van der Waals surface area contributed by atoms with Crippen LogP contribution in [0.1, 0.15) is 17.3 Å². The molecule has 0 radical (unpaired) electrons. The molecule has 0 fully saturated rings. The summed E-state index contributed by atoms with van der Waals surface area (Å²) < 4.78 is 0. The van der Waals surface area contributed by atoms with E-state index in [1.807, 2.05) is 31.2 Å². The summed E-state index contributed by atoms with van der Waals surface area (Å²) in [4.78, 5) is 19.9. The van der Waals surface area contributed by atoms with Crippen LogP contribution in [0.15, 0.2) is 48.7 Å². The number of anilines is 1. The van der Waals surface area contributed by atoms with Crippen LogP contribution in [0.25, 0.3) is 22.3 Å². The van der Waals surface area contributed by atoms with Crippen molar-refractivity contribution in [3.63, 3.8) is 0 Å². The molecule has 1 heterocycles. The van der Waals surface area contributed by atoms with Crippen LogP contribution in [0, 0.1) is 0 Å². The normalized spacial score (nSPS) is 10.6. The Morgan fingerprint density at radius 1 is 1.18 bits per heavy atom. The molecule has 0 saturated heterocycles. The van der Waals surface area contributed by atoms with E-state index in [1.54, 1.807) is 12.3 Å². The third-order valence-corrected chi connectivity index (χ3v) is 3.33. The average Bonchev–Trinajstić information content (AvgIpc) is 2.54. The average molecular weight is 293 g/mol.